The molecule has 23 heavy (non-hydrogen) atoms. The van der Waals surface area contributed by atoms with Gasteiger partial charge in [0, 0.05) is 29.3 Å². The molecule has 0 bridgehead atoms. The Morgan fingerprint density at radius 1 is 1.00 bits per heavy atom. The fourth-order valence-corrected chi connectivity index (χ4v) is 3.62. The van der Waals surface area contributed by atoms with Gasteiger partial charge in [-0.1, -0.05) is 24.3 Å². The van der Waals surface area contributed by atoms with Crippen LogP contribution in [0, 0.1) is 5.82 Å². The van der Waals surface area contributed by atoms with Crippen LogP contribution in [0.2, 0.25) is 0 Å². The molecule has 0 saturated carbocycles. The van der Waals surface area contributed by atoms with Crippen molar-refractivity contribution >= 4 is 31.3 Å². The van der Waals surface area contributed by atoms with Crippen molar-refractivity contribution in [2.45, 2.75) is 11.7 Å². The molecule has 2 aromatic carbocycles. The van der Waals surface area contributed by atoms with Gasteiger partial charge in [-0.3, -0.25) is 4.79 Å². The average Bonchev–Trinajstić information content (AvgIpc) is 2.90. The number of carbonyl (C=O) groups excluding carboxylic acids is 1. The Balaban J connectivity index is 1.83. The molecule has 0 spiro atoms. The van der Waals surface area contributed by atoms with Gasteiger partial charge in [0.1, 0.15) is 11.1 Å². The van der Waals surface area contributed by atoms with Gasteiger partial charge >= 0.3 is 0 Å². The molecule has 120 valence electrons. The zero-order valence-electron chi connectivity index (χ0n) is 11.9. The smallest absolute Gasteiger partial charge is 0.237 e. The number of hydrogen-bond donors (Lipinski definition) is 0. The number of rotatable bonds is 3. The maximum Gasteiger partial charge on any atom is 0.237 e. The molecule has 0 aliphatic carbocycles. The van der Waals surface area contributed by atoms with Gasteiger partial charge in [0.05, 0.1) is 0 Å². The fourth-order valence-electron chi connectivity index (χ4n) is 2.59. The van der Waals surface area contributed by atoms with E-state index in [0.29, 0.717) is 5.69 Å². The number of halogens is 2. The van der Waals surface area contributed by atoms with E-state index in [4.69, 9.17) is 10.7 Å². The van der Waals surface area contributed by atoms with E-state index < -0.39 is 14.3 Å². The van der Waals surface area contributed by atoms with Gasteiger partial charge in [-0.2, -0.15) is 0 Å². The molecule has 1 unspecified atom stereocenters. The van der Waals surface area contributed by atoms with E-state index in [1.165, 1.54) is 17.0 Å². The van der Waals surface area contributed by atoms with Crippen LogP contribution < -0.4 is 4.90 Å². The van der Waals surface area contributed by atoms with Gasteiger partial charge in [0.2, 0.25) is 15.0 Å². The van der Waals surface area contributed by atoms with Crippen LogP contribution in [0.15, 0.2) is 48.5 Å². The zero-order valence-corrected chi connectivity index (χ0v) is 13.5. The second kappa shape index (κ2) is 5.94. The van der Waals surface area contributed by atoms with Crippen LogP contribution in [0.1, 0.15) is 6.42 Å². The number of nitrogens with zero attached hydrogens (tertiary/aromatic N) is 1. The highest BCUT2D eigenvalue weighted by atomic mass is 35.7. The Hall–Kier alpha value is -1.92. The van der Waals surface area contributed by atoms with E-state index in [2.05, 4.69) is 0 Å². The Kier molecular flexibility index (Phi) is 4.12. The van der Waals surface area contributed by atoms with E-state index in [1.54, 1.807) is 36.4 Å². The maximum absolute atomic E-state index is 12.9. The fraction of sp³-hybridized carbons (Fsp3) is 0.188. The summed E-state index contributed by atoms with van der Waals surface area (Å²) in [6.07, 6.45) is -0.106. The van der Waals surface area contributed by atoms with Gasteiger partial charge in [0.15, 0.2) is 0 Å². The first-order valence-electron chi connectivity index (χ1n) is 6.94. The third-order valence-corrected chi connectivity index (χ3v) is 5.71. The summed E-state index contributed by atoms with van der Waals surface area (Å²) in [4.78, 5) is 13.4. The Morgan fingerprint density at radius 2 is 1.52 bits per heavy atom. The molecular weight excluding hydrogens is 341 g/mol. The summed E-state index contributed by atoms with van der Waals surface area (Å²) < 4.78 is 35.7. The van der Waals surface area contributed by atoms with Crippen LogP contribution in [0.25, 0.3) is 11.1 Å². The van der Waals surface area contributed by atoms with Crippen molar-refractivity contribution in [1.29, 1.82) is 0 Å². The normalized spacial score (nSPS) is 18.4. The second-order valence-corrected chi connectivity index (χ2v) is 8.27. The minimum Gasteiger partial charge on any atom is -0.311 e. The van der Waals surface area contributed by atoms with Crippen LogP contribution in [-0.4, -0.2) is 26.1 Å². The molecule has 1 heterocycles. The van der Waals surface area contributed by atoms with Crippen molar-refractivity contribution < 1.29 is 17.6 Å². The standard InChI is InChI=1S/C16H13ClFNO3S/c17-23(21,22)15-9-16(20)19(10-15)14-7-3-12(4-8-14)11-1-5-13(18)6-2-11/h1-8,15H,9-10H2. The van der Waals surface area contributed by atoms with Gasteiger partial charge in [0.25, 0.3) is 0 Å². The highest BCUT2D eigenvalue weighted by molar-refractivity contribution is 8.14. The predicted octanol–water partition coefficient (Wildman–Crippen LogP) is 3.17. The molecule has 0 N–H and O–H groups in total. The summed E-state index contributed by atoms with van der Waals surface area (Å²) in [5.74, 6) is -0.574. The van der Waals surface area contributed by atoms with Gasteiger partial charge in [-0.05, 0) is 35.4 Å². The lowest BCUT2D eigenvalue weighted by molar-refractivity contribution is -0.117. The Bertz CT molecular complexity index is 835. The number of amides is 1. The van der Waals surface area contributed by atoms with Crippen molar-refractivity contribution in [3.8, 4) is 11.1 Å². The van der Waals surface area contributed by atoms with Crippen LogP contribution in [0.3, 0.4) is 0 Å². The summed E-state index contributed by atoms with van der Waals surface area (Å²) in [6, 6.07) is 13.2. The van der Waals surface area contributed by atoms with Crippen LogP contribution in [-0.2, 0) is 13.8 Å². The third-order valence-electron chi connectivity index (χ3n) is 3.84. The number of benzene rings is 2. The molecule has 2 aromatic rings. The van der Waals surface area contributed by atoms with E-state index in [1.807, 2.05) is 0 Å². The number of carbonyl (C=O) groups is 1. The molecule has 4 nitrogen and oxygen atoms in total. The summed E-state index contributed by atoms with van der Waals surface area (Å²) in [5, 5.41) is -0.881. The first-order chi connectivity index (χ1) is 10.8. The summed E-state index contributed by atoms with van der Waals surface area (Å²) in [7, 11) is 1.58. The zero-order chi connectivity index (χ0) is 16.6. The molecule has 1 aliphatic rings. The molecule has 7 heteroatoms. The monoisotopic (exact) mass is 353 g/mol. The molecule has 1 atom stereocenters. The summed E-state index contributed by atoms with van der Waals surface area (Å²) in [6.45, 7) is 0.0561. The lowest BCUT2D eigenvalue weighted by Crippen LogP contribution is -2.26. The summed E-state index contributed by atoms with van der Waals surface area (Å²) >= 11 is 0. The van der Waals surface area contributed by atoms with Crippen molar-refractivity contribution in [3.63, 3.8) is 0 Å². The maximum atomic E-state index is 12.9. The lowest BCUT2D eigenvalue weighted by Gasteiger charge is -2.16. The average molecular weight is 354 g/mol. The Morgan fingerprint density at radius 3 is 2.00 bits per heavy atom. The predicted molar refractivity (Wildman–Crippen MR) is 87.4 cm³/mol. The molecule has 1 fully saturated rings. The third kappa shape index (κ3) is 3.38. The van der Waals surface area contributed by atoms with Crippen molar-refractivity contribution in [2.75, 3.05) is 11.4 Å². The second-order valence-electron chi connectivity index (χ2n) is 5.36. The quantitative estimate of drug-likeness (QED) is 0.796. The van der Waals surface area contributed by atoms with E-state index >= 15 is 0 Å². The van der Waals surface area contributed by atoms with Crippen LogP contribution in [0.4, 0.5) is 10.1 Å². The molecule has 0 aromatic heterocycles. The van der Waals surface area contributed by atoms with Crippen LogP contribution >= 0.6 is 10.7 Å². The molecule has 3 rings (SSSR count). The molecule has 0 radical (unpaired) electrons. The number of anilines is 1. The minimum absolute atomic E-state index is 0.0561. The highest BCUT2D eigenvalue weighted by Gasteiger charge is 2.37. The topological polar surface area (TPSA) is 54.5 Å². The van der Waals surface area contributed by atoms with Gasteiger partial charge in [-0.15, -0.1) is 0 Å². The van der Waals surface area contributed by atoms with E-state index in [0.717, 1.165) is 11.1 Å². The molecular formula is C16H13ClFNO3S. The van der Waals surface area contributed by atoms with Crippen molar-refractivity contribution in [3.05, 3.63) is 54.3 Å². The highest BCUT2D eigenvalue weighted by Crippen LogP contribution is 2.29. The van der Waals surface area contributed by atoms with Crippen LogP contribution in [0.5, 0.6) is 0 Å². The minimum atomic E-state index is -3.76. The first kappa shape index (κ1) is 16.0. The molecule has 1 aliphatic heterocycles. The Labute approximate surface area is 137 Å². The lowest BCUT2D eigenvalue weighted by atomic mass is 10.1. The summed E-state index contributed by atoms with van der Waals surface area (Å²) in [5.41, 5.74) is 2.34. The number of hydrogen-bond acceptors (Lipinski definition) is 3. The molecule has 1 amide bonds. The first-order valence-corrected chi connectivity index (χ1v) is 9.32. The van der Waals surface area contributed by atoms with E-state index in [9.17, 15) is 17.6 Å². The van der Waals surface area contributed by atoms with Crippen molar-refractivity contribution in [2.24, 2.45) is 0 Å². The van der Waals surface area contributed by atoms with Crippen molar-refractivity contribution in [1.82, 2.24) is 0 Å². The SMILES string of the molecule is O=C1CC(S(=O)(=O)Cl)CN1c1ccc(-c2ccc(F)cc2)cc1. The largest absolute Gasteiger partial charge is 0.311 e. The van der Waals surface area contributed by atoms with Gasteiger partial charge in [-0.25, -0.2) is 12.8 Å². The van der Waals surface area contributed by atoms with Gasteiger partial charge < -0.3 is 4.90 Å². The molecule has 1 saturated heterocycles. The van der Waals surface area contributed by atoms with E-state index in [-0.39, 0.29) is 24.7 Å².